The molecule has 0 fully saturated rings. The van der Waals surface area contributed by atoms with E-state index in [9.17, 15) is 31.2 Å². The lowest BCUT2D eigenvalue weighted by Gasteiger charge is -2.30. The number of rotatable bonds is 12. The molecule has 7 nitrogen and oxygen atoms in total. The van der Waals surface area contributed by atoms with Gasteiger partial charge in [-0.2, -0.15) is 13.2 Å². The van der Waals surface area contributed by atoms with E-state index in [0.717, 1.165) is 28.8 Å². The zero-order valence-electron chi connectivity index (χ0n) is 22.1. The molecule has 216 valence electrons. The van der Waals surface area contributed by atoms with Crippen molar-refractivity contribution in [2.75, 3.05) is 17.1 Å². The monoisotopic (exact) mass is 609 g/mol. The highest BCUT2D eigenvalue weighted by atomic mass is 35.5. The molecule has 1 N–H and O–H groups in total. The van der Waals surface area contributed by atoms with Gasteiger partial charge in [0.2, 0.25) is 21.8 Å². The number of hydrogen-bond acceptors (Lipinski definition) is 4. The Morgan fingerprint density at radius 2 is 1.72 bits per heavy atom. The predicted octanol–water partition coefficient (Wildman–Crippen LogP) is 5.89. The number of amides is 2. The highest BCUT2D eigenvalue weighted by molar-refractivity contribution is 7.92. The molecule has 2 rings (SSSR count). The summed E-state index contributed by atoms with van der Waals surface area (Å²) >= 11 is 12.1. The number of sulfonamides is 1. The second kappa shape index (κ2) is 13.7. The zero-order valence-corrected chi connectivity index (χ0v) is 24.4. The number of hydrogen-bond donors (Lipinski definition) is 1. The van der Waals surface area contributed by atoms with Gasteiger partial charge in [-0.3, -0.25) is 13.9 Å². The first-order valence-corrected chi connectivity index (χ1v) is 14.8. The summed E-state index contributed by atoms with van der Waals surface area (Å²) in [6.07, 6.45) is -3.23. The number of carbonyl (C=O) groups is 2. The van der Waals surface area contributed by atoms with E-state index in [4.69, 9.17) is 23.2 Å². The minimum atomic E-state index is -4.65. The van der Waals surface area contributed by atoms with Crippen LogP contribution in [0.3, 0.4) is 0 Å². The Labute approximate surface area is 237 Å². The van der Waals surface area contributed by atoms with Gasteiger partial charge in [0.15, 0.2) is 0 Å². The third kappa shape index (κ3) is 9.58. The molecule has 0 spiro atoms. The van der Waals surface area contributed by atoms with Crippen molar-refractivity contribution < 1.29 is 31.2 Å². The fraction of sp³-hybridized carbons (Fsp3) is 0.462. The van der Waals surface area contributed by atoms with Crippen molar-refractivity contribution in [3.05, 3.63) is 63.6 Å². The number of benzene rings is 2. The second-order valence-corrected chi connectivity index (χ2v) is 12.0. The van der Waals surface area contributed by atoms with Crippen LogP contribution in [0, 0.1) is 0 Å². The van der Waals surface area contributed by atoms with Crippen LogP contribution in [-0.4, -0.2) is 50.0 Å². The summed E-state index contributed by atoms with van der Waals surface area (Å²) in [6, 6.07) is 7.84. The summed E-state index contributed by atoms with van der Waals surface area (Å²) in [5.74, 6) is -0.801. The molecule has 0 radical (unpaired) electrons. The number of nitrogens with one attached hydrogen (secondary N) is 1. The summed E-state index contributed by atoms with van der Waals surface area (Å²) in [5, 5.41) is 3.46. The van der Waals surface area contributed by atoms with Gasteiger partial charge in [0.05, 0.1) is 27.6 Å². The molecule has 2 aromatic rings. The molecule has 0 aliphatic heterocycles. The van der Waals surface area contributed by atoms with Crippen LogP contribution in [0.4, 0.5) is 18.9 Å². The Kier molecular flexibility index (Phi) is 11.5. The second-order valence-electron chi connectivity index (χ2n) is 9.25. The van der Waals surface area contributed by atoms with Crippen LogP contribution in [0.2, 0.25) is 10.0 Å². The van der Waals surface area contributed by atoms with E-state index in [1.54, 1.807) is 25.1 Å². The summed E-state index contributed by atoms with van der Waals surface area (Å²) in [5.41, 5.74) is -0.518. The maximum absolute atomic E-state index is 13.3. The SMILES string of the molecule is CC[C@@H](C)NC(=O)[C@H](C)N(Cc1ccc(Cl)c(Cl)c1)C(=O)CCCN(c1cccc(C(F)(F)F)c1)S(C)(=O)=O. The van der Waals surface area contributed by atoms with E-state index in [1.807, 2.05) is 13.8 Å². The van der Waals surface area contributed by atoms with Gasteiger partial charge in [-0.25, -0.2) is 8.42 Å². The molecule has 0 heterocycles. The molecule has 2 aromatic carbocycles. The molecule has 0 aliphatic rings. The molecular formula is C26H32Cl2F3N3O4S. The molecule has 0 bridgehead atoms. The number of halogens is 5. The summed E-state index contributed by atoms with van der Waals surface area (Å²) in [6.45, 7) is 5.13. The number of anilines is 1. The Hall–Kier alpha value is -2.50. The lowest BCUT2D eigenvalue weighted by Crippen LogP contribution is -2.49. The van der Waals surface area contributed by atoms with Crippen molar-refractivity contribution in [3.8, 4) is 0 Å². The van der Waals surface area contributed by atoms with Crippen LogP contribution in [0.15, 0.2) is 42.5 Å². The van der Waals surface area contributed by atoms with Crippen LogP contribution in [0.25, 0.3) is 0 Å². The van der Waals surface area contributed by atoms with Crippen LogP contribution in [0.1, 0.15) is 51.2 Å². The lowest BCUT2D eigenvalue weighted by molar-refractivity contribution is -0.140. The number of nitrogens with zero attached hydrogens (tertiary/aromatic N) is 2. The maximum Gasteiger partial charge on any atom is 0.416 e. The first kappa shape index (κ1) is 32.7. The quantitative estimate of drug-likeness (QED) is 0.325. The van der Waals surface area contributed by atoms with Gasteiger partial charge in [0, 0.05) is 25.6 Å². The third-order valence-electron chi connectivity index (χ3n) is 6.12. The lowest BCUT2D eigenvalue weighted by atomic mass is 10.1. The fourth-order valence-corrected chi connectivity index (χ4v) is 5.00. The highest BCUT2D eigenvalue weighted by Gasteiger charge is 2.32. The van der Waals surface area contributed by atoms with E-state index >= 15 is 0 Å². The van der Waals surface area contributed by atoms with Gasteiger partial charge in [0.25, 0.3) is 0 Å². The van der Waals surface area contributed by atoms with Crippen LogP contribution < -0.4 is 9.62 Å². The Balaban J connectivity index is 2.25. The number of alkyl halides is 3. The predicted molar refractivity (Wildman–Crippen MR) is 147 cm³/mol. The molecule has 0 saturated heterocycles. The third-order valence-corrected chi connectivity index (χ3v) is 8.05. The molecule has 2 atom stereocenters. The molecule has 0 unspecified atom stereocenters. The highest BCUT2D eigenvalue weighted by Crippen LogP contribution is 2.32. The van der Waals surface area contributed by atoms with Crippen LogP contribution in [-0.2, 0) is 32.3 Å². The average molecular weight is 611 g/mol. The smallest absolute Gasteiger partial charge is 0.352 e. The number of carbonyl (C=O) groups excluding carboxylic acids is 2. The average Bonchev–Trinajstić information content (AvgIpc) is 2.85. The molecule has 0 saturated carbocycles. The van der Waals surface area contributed by atoms with Crippen LogP contribution in [0.5, 0.6) is 0 Å². The van der Waals surface area contributed by atoms with Gasteiger partial charge < -0.3 is 10.2 Å². The Bertz CT molecular complexity index is 1280. The van der Waals surface area contributed by atoms with E-state index in [0.29, 0.717) is 17.0 Å². The largest absolute Gasteiger partial charge is 0.416 e. The zero-order chi connectivity index (χ0) is 29.5. The van der Waals surface area contributed by atoms with Crippen molar-refractivity contribution in [1.82, 2.24) is 10.2 Å². The van der Waals surface area contributed by atoms with Crippen molar-refractivity contribution in [2.45, 2.75) is 64.8 Å². The molecule has 39 heavy (non-hydrogen) atoms. The van der Waals surface area contributed by atoms with Crippen molar-refractivity contribution >= 4 is 50.7 Å². The molecule has 13 heteroatoms. The molecule has 2 amide bonds. The summed E-state index contributed by atoms with van der Waals surface area (Å²) in [4.78, 5) is 27.5. The normalized spacial score (nSPS) is 13.5. The van der Waals surface area contributed by atoms with Crippen molar-refractivity contribution in [1.29, 1.82) is 0 Å². The van der Waals surface area contributed by atoms with Gasteiger partial charge in [0.1, 0.15) is 6.04 Å². The topological polar surface area (TPSA) is 86.8 Å². The maximum atomic E-state index is 13.3. The standard InChI is InChI=1S/C26H32Cl2F3N3O4S/c1-5-17(2)32-25(36)18(3)33(16-19-11-12-22(27)23(28)14-19)24(35)10-7-13-34(39(4,37)38)21-9-6-8-20(15-21)26(29,30)31/h6,8-9,11-12,14-15,17-18H,5,7,10,13,16H2,1-4H3,(H,32,36)/t17-,18+/m1/s1. The molecule has 0 aromatic heterocycles. The fourth-order valence-electron chi connectivity index (χ4n) is 3.72. The summed E-state index contributed by atoms with van der Waals surface area (Å²) in [7, 11) is -3.95. The van der Waals surface area contributed by atoms with Crippen LogP contribution >= 0.6 is 23.2 Å². The minimum Gasteiger partial charge on any atom is -0.352 e. The van der Waals surface area contributed by atoms with Gasteiger partial charge in [-0.15, -0.1) is 0 Å². The van der Waals surface area contributed by atoms with Gasteiger partial charge in [-0.05, 0) is 62.6 Å². The minimum absolute atomic E-state index is 0.000273. The first-order chi connectivity index (χ1) is 18.0. The Morgan fingerprint density at radius 1 is 1.05 bits per heavy atom. The van der Waals surface area contributed by atoms with Gasteiger partial charge >= 0.3 is 6.18 Å². The van der Waals surface area contributed by atoms with Crippen molar-refractivity contribution in [2.24, 2.45) is 0 Å². The molecule has 0 aliphatic carbocycles. The van der Waals surface area contributed by atoms with Crippen molar-refractivity contribution in [3.63, 3.8) is 0 Å². The van der Waals surface area contributed by atoms with E-state index < -0.39 is 33.7 Å². The summed E-state index contributed by atoms with van der Waals surface area (Å²) < 4.78 is 65.2. The molecular weight excluding hydrogens is 578 g/mol. The van der Waals surface area contributed by atoms with E-state index in [2.05, 4.69) is 5.32 Å². The van der Waals surface area contributed by atoms with E-state index in [1.165, 1.54) is 11.0 Å². The van der Waals surface area contributed by atoms with E-state index in [-0.39, 0.29) is 48.6 Å². The first-order valence-electron chi connectivity index (χ1n) is 12.2. The Morgan fingerprint density at radius 3 is 2.28 bits per heavy atom. The van der Waals surface area contributed by atoms with Gasteiger partial charge in [-0.1, -0.05) is 42.3 Å².